The Labute approximate surface area is 131 Å². The van der Waals surface area contributed by atoms with E-state index in [1.165, 1.54) is 0 Å². The summed E-state index contributed by atoms with van der Waals surface area (Å²) in [6, 6.07) is 9.48. The van der Waals surface area contributed by atoms with Crippen LogP contribution in [0.3, 0.4) is 0 Å². The highest BCUT2D eigenvalue weighted by Crippen LogP contribution is 2.19. The fourth-order valence-corrected chi connectivity index (χ4v) is 3.65. The van der Waals surface area contributed by atoms with E-state index >= 15 is 0 Å². The Morgan fingerprint density at radius 2 is 1.91 bits per heavy atom. The molecule has 1 aromatic carbocycles. The van der Waals surface area contributed by atoms with Gasteiger partial charge in [-0.15, -0.1) is 6.58 Å². The maximum absolute atomic E-state index is 12.4. The number of hydrogen-bond donors (Lipinski definition) is 1. The van der Waals surface area contributed by atoms with E-state index in [0.29, 0.717) is 0 Å². The highest BCUT2D eigenvalue weighted by molar-refractivity contribution is 7.91. The number of rotatable bonds is 5. The summed E-state index contributed by atoms with van der Waals surface area (Å²) in [4.78, 5) is 13.9. The molecule has 1 N–H and O–H groups in total. The second-order valence-electron chi connectivity index (χ2n) is 5.42. The minimum atomic E-state index is -2.98. The number of carbonyl (C=O) groups is 1. The molecule has 0 spiro atoms. The van der Waals surface area contributed by atoms with Crippen molar-refractivity contribution < 1.29 is 13.2 Å². The molecule has 0 radical (unpaired) electrons. The summed E-state index contributed by atoms with van der Waals surface area (Å²) in [6.07, 6.45) is 3.40. The van der Waals surface area contributed by atoms with Crippen LogP contribution >= 0.6 is 0 Å². The average Bonchev–Trinajstić information content (AvgIpc) is 2.52. The molecule has 1 aromatic rings. The number of allylic oxidation sites excluding steroid dienone is 1. The maximum Gasteiger partial charge on any atom is 0.317 e. The van der Waals surface area contributed by atoms with E-state index in [-0.39, 0.29) is 36.7 Å². The van der Waals surface area contributed by atoms with E-state index in [2.05, 4.69) is 11.9 Å². The van der Waals surface area contributed by atoms with Crippen LogP contribution in [-0.4, -0.2) is 43.9 Å². The lowest BCUT2D eigenvalue weighted by molar-refractivity contribution is 0.197. The Kier molecular flexibility index (Phi) is 5.60. The lowest BCUT2D eigenvalue weighted by Gasteiger charge is -2.29. The topological polar surface area (TPSA) is 66.5 Å². The predicted molar refractivity (Wildman–Crippen MR) is 87.4 cm³/mol. The van der Waals surface area contributed by atoms with Gasteiger partial charge in [0.25, 0.3) is 0 Å². The van der Waals surface area contributed by atoms with E-state index < -0.39 is 9.84 Å². The Balaban J connectivity index is 2.00. The molecule has 0 bridgehead atoms. The molecule has 2 rings (SSSR count). The quantitative estimate of drug-likeness (QED) is 0.845. The second kappa shape index (κ2) is 7.45. The molecule has 120 valence electrons. The third-order valence-electron chi connectivity index (χ3n) is 3.79. The first-order valence-electron chi connectivity index (χ1n) is 7.43. The normalized spacial score (nSPS) is 18.5. The van der Waals surface area contributed by atoms with Gasteiger partial charge in [0, 0.05) is 13.1 Å². The van der Waals surface area contributed by atoms with E-state index in [1.807, 2.05) is 36.4 Å². The van der Waals surface area contributed by atoms with Crippen molar-refractivity contribution in [3.63, 3.8) is 0 Å². The van der Waals surface area contributed by atoms with Gasteiger partial charge in [0.05, 0.1) is 17.5 Å². The third-order valence-corrected chi connectivity index (χ3v) is 5.40. The molecule has 6 heteroatoms. The standard InChI is InChI=1S/C16H22N2O3S/c1-2-3-9-15(14-7-5-4-6-8-14)17-16(19)18-10-12-22(20,21)13-11-18/h2,4-8,15H,1,3,9-13H2,(H,17,19)/t15-/m0/s1. The van der Waals surface area contributed by atoms with Crippen LogP contribution in [0.1, 0.15) is 24.4 Å². The van der Waals surface area contributed by atoms with Crippen molar-refractivity contribution in [3.05, 3.63) is 48.6 Å². The Morgan fingerprint density at radius 1 is 1.27 bits per heavy atom. The van der Waals surface area contributed by atoms with Crippen molar-refractivity contribution in [1.82, 2.24) is 10.2 Å². The van der Waals surface area contributed by atoms with E-state index in [1.54, 1.807) is 4.90 Å². The molecule has 0 saturated carbocycles. The first-order valence-corrected chi connectivity index (χ1v) is 9.26. The lowest BCUT2D eigenvalue weighted by atomic mass is 10.0. The monoisotopic (exact) mass is 322 g/mol. The Hall–Kier alpha value is -1.82. The summed E-state index contributed by atoms with van der Waals surface area (Å²) in [6.45, 7) is 4.24. The minimum Gasteiger partial charge on any atom is -0.331 e. The summed E-state index contributed by atoms with van der Waals surface area (Å²) in [5.74, 6) is 0.0894. The SMILES string of the molecule is C=CCC[C@H](NC(=O)N1CCS(=O)(=O)CC1)c1ccccc1. The lowest BCUT2D eigenvalue weighted by Crippen LogP contribution is -2.48. The first kappa shape index (κ1) is 16.5. The van der Waals surface area contributed by atoms with Crippen molar-refractivity contribution in [2.75, 3.05) is 24.6 Å². The molecule has 1 fully saturated rings. The van der Waals surface area contributed by atoms with Crippen LogP contribution < -0.4 is 5.32 Å². The van der Waals surface area contributed by atoms with Gasteiger partial charge in [-0.05, 0) is 18.4 Å². The second-order valence-corrected chi connectivity index (χ2v) is 7.72. The molecule has 1 saturated heterocycles. The van der Waals surface area contributed by atoms with Crippen molar-refractivity contribution in [2.24, 2.45) is 0 Å². The van der Waals surface area contributed by atoms with Gasteiger partial charge in [-0.1, -0.05) is 36.4 Å². The van der Waals surface area contributed by atoms with Crippen molar-refractivity contribution in [1.29, 1.82) is 0 Å². The minimum absolute atomic E-state index is 0.0447. The maximum atomic E-state index is 12.4. The summed E-state index contributed by atoms with van der Waals surface area (Å²) < 4.78 is 22.9. The average molecular weight is 322 g/mol. The van der Waals surface area contributed by atoms with Crippen molar-refractivity contribution in [2.45, 2.75) is 18.9 Å². The van der Waals surface area contributed by atoms with Gasteiger partial charge < -0.3 is 10.2 Å². The number of sulfone groups is 1. The van der Waals surface area contributed by atoms with Gasteiger partial charge in [-0.2, -0.15) is 0 Å². The molecule has 1 aliphatic rings. The van der Waals surface area contributed by atoms with Gasteiger partial charge in [0.2, 0.25) is 0 Å². The van der Waals surface area contributed by atoms with Crippen molar-refractivity contribution >= 4 is 15.9 Å². The molecule has 1 heterocycles. The molecule has 5 nitrogen and oxygen atoms in total. The molecular formula is C16H22N2O3S. The van der Waals surface area contributed by atoms with Gasteiger partial charge in [0.1, 0.15) is 0 Å². The predicted octanol–water partition coefficient (Wildman–Crippen LogP) is 2.13. The van der Waals surface area contributed by atoms with Crippen LogP contribution in [0.15, 0.2) is 43.0 Å². The number of hydrogen-bond acceptors (Lipinski definition) is 3. The number of nitrogens with one attached hydrogen (secondary N) is 1. The number of benzene rings is 1. The molecule has 0 aliphatic carbocycles. The number of carbonyl (C=O) groups excluding carboxylic acids is 1. The van der Waals surface area contributed by atoms with E-state index in [0.717, 1.165) is 18.4 Å². The largest absolute Gasteiger partial charge is 0.331 e. The van der Waals surface area contributed by atoms with Gasteiger partial charge >= 0.3 is 6.03 Å². The van der Waals surface area contributed by atoms with Gasteiger partial charge in [0.15, 0.2) is 9.84 Å². The third kappa shape index (κ3) is 4.59. The molecule has 1 aliphatic heterocycles. The highest BCUT2D eigenvalue weighted by atomic mass is 32.2. The molecule has 1 atom stereocenters. The molecule has 0 unspecified atom stereocenters. The zero-order valence-electron chi connectivity index (χ0n) is 12.6. The van der Waals surface area contributed by atoms with E-state index in [4.69, 9.17) is 0 Å². The Morgan fingerprint density at radius 3 is 2.50 bits per heavy atom. The summed E-state index contributed by atoms with van der Waals surface area (Å²) in [5.41, 5.74) is 1.04. The van der Waals surface area contributed by atoms with E-state index in [9.17, 15) is 13.2 Å². The molecule has 22 heavy (non-hydrogen) atoms. The van der Waals surface area contributed by atoms with Crippen LogP contribution in [0, 0.1) is 0 Å². The fourth-order valence-electron chi connectivity index (χ4n) is 2.45. The zero-order valence-corrected chi connectivity index (χ0v) is 13.4. The summed E-state index contributed by atoms with van der Waals surface area (Å²) in [5, 5.41) is 3.01. The number of nitrogens with zero attached hydrogens (tertiary/aromatic N) is 1. The van der Waals surface area contributed by atoms with Crippen LogP contribution in [0.4, 0.5) is 4.79 Å². The van der Waals surface area contributed by atoms with Crippen LogP contribution in [0.5, 0.6) is 0 Å². The molecule has 0 aromatic heterocycles. The summed E-state index contributed by atoms with van der Waals surface area (Å²) >= 11 is 0. The van der Waals surface area contributed by atoms with Crippen molar-refractivity contribution in [3.8, 4) is 0 Å². The fraction of sp³-hybridized carbons (Fsp3) is 0.438. The van der Waals surface area contributed by atoms with Gasteiger partial charge in [-0.3, -0.25) is 0 Å². The molecular weight excluding hydrogens is 300 g/mol. The Bertz CT molecular complexity index is 600. The zero-order chi connectivity index (χ0) is 16.0. The molecule has 2 amide bonds. The summed E-state index contributed by atoms with van der Waals surface area (Å²) in [7, 11) is -2.98. The van der Waals surface area contributed by atoms with Crippen LogP contribution in [0.25, 0.3) is 0 Å². The number of urea groups is 1. The first-order chi connectivity index (χ1) is 10.5. The number of amides is 2. The van der Waals surface area contributed by atoms with Gasteiger partial charge in [-0.25, -0.2) is 13.2 Å². The van der Waals surface area contributed by atoms with Crippen LogP contribution in [-0.2, 0) is 9.84 Å². The smallest absolute Gasteiger partial charge is 0.317 e. The highest BCUT2D eigenvalue weighted by Gasteiger charge is 2.26. The van der Waals surface area contributed by atoms with Crippen LogP contribution in [0.2, 0.25) is 0 Å².